The maximum atomic E-state index is 12.3. The molecule has 2 aromatic carbocycles. The Hall–Kier alpha value is -2.00. The fourth-order valence-corrected chi connectivity index (χ4v) is 2.78. The first-order valence-electron chi connectivity index (χ1n) is 8.75. The monoisotopic (exact) mass is 359 g/mol. The van der Waals surface area contributed by atoms with Crippen molar-refractivity contribution in [1.29, 1.82) is 0 Å². The maximum Gasteiger partial charge on any atom is 0.261 e. The first-order chi connectivity index (χ1) is 12.0. The van der Waals surface area contributed by atoms with Crippen LogP contribution in [0, 0.1) is 13.8 Å². The van der Waals surface area contributed by atoms with Gasteiger partial charge in [0.05, 0.1) is 0 Å². The fourth-order valence-electron chi connectivity index (χ4n) is 2.66. The number of amides is 1. The van der Waals surface area contributed by atoms with Gasteiger partial charge >= 0.3 is 0 Å². The summed E-state index contributed by atoms with van der Waals surface area (Å²) in [5, 5.41) is 3.67. The van der Waals surface area contributed by atoms with Gasteiger partial charge in [0.2, 0.25) is 0 Å². The first-order valence-corrected chi connectivity index (χ1v) is 9.13. The summed E-state index contributed by atoms with van der Waals surface area (Å²) in [7, 11) is 0. The van der Waals surface area contributed by atoms with Gasteiger partial charge in [-0.2, -0.15) is 0 Å². The third kappa shape index (κ3) is 6.09. The molecule has 2 aromatic rings. The average molecular weight is 360 g/mol. The predicted octanol–water partition coefficient (Wildman–Crippen LogP) is 4.86. The van der Waals surface area contributed by atoms with Crippen LogP contribution in [-0.4, -0.2) is 18.6 Å². The van der Waals surface area contributed by atoms with E-state index in [-0.39, 0.29) is 5.91 Å². The molecule has 0 fully saturated rings. The average Bonchev–Trinajstić information content (AvgIpc) is 2.59. The summed E-state index contributed by atoms with van der Waals surface area (Å²) in [6.45, 7) is 6.60. The molecule has 1 unspecified atom stereocenters. The minimum absolute atomic E-state index is 0.0701. The van der Waals surface area contributed by atoms with E-state index in [1.165, 1.54) is 11.1 Å². The molecule has 25 heavy (non-hydrogen) atoms. The molecule has 3 nitrogen and oxygen atoms in total. The highest BCUT2D eigenvalue weighted by molar-refractivity contribution is 6.31. The zero-order chi connectivity index (χ0) is 18.2. The smallest absolute Gasteiger partial charge is 0.261 e. The van der Waals surface area contributed by atoms with Crippen LogP contribution in [0.25, 0.3) is 0 Å². The van der Waals surface area contributed by atoms with Crippen molar-refractivity contribution in [2.24, 2.45) is 0 Å². The van der Waals surface area contributed by atoms with Crippen LogP contribution in [0.4, 0.5) is 0 Å². The molecular weight excluding hydrogens is 334 g/mol. The van der Waals surface area contributed by atoms with E-state index in [1.807, 2.05) is 19.9 Å². The summed E-state index contributed by atoms with van der Waals surface area (Å²) in [6, 6.07) is 13.9. The van der Waals surface area contributed by atoms with Gasteiger partial charge in [0.15, 0.2) is 6.10 Å². The van der Waals surface area contributed by atoms with Gasteiger partial charge in [-0.15, -0.1) is 0 Å². The molecule has 0 saturated carbocycles. The second-order valence-corrected chi connectivity index (χ2v) is 6.72. The molecule has 1 atom stereocenters. The largest absolute Gasteiger partial charge is 0.481 e. The van der Waals surface area contributed by atoms with Gasteiger partial charge in [-0.05, 0) is 62.4 Å². The number of hydrogen-bond acceptors (Lipinski definition) is 2. The number of nitrogens with one attached hydrogen (secondary N) is 1. The zero-order valence-corrected chi connectivity index (χ0v) is 15.9. The Kier molecular flexibility index (Phi) is 7.32. The van der Waals surface area contributed by atoms with E-state index in [0.717, 1.165) is 18.4 Å². The highest BCUT2D eigenvalue weighted by Gasteiger charge is 2.18. The lowest BCUT2D eigenvalue weighted by atomic mass is 10.1. The molecule has 4 heteroatoms. The standard InChI is InChI=1S/C21H26ClNO2/c1-4-20(25-18-10-11-19(22)16(3)14-18)21(24)23-12-6-9-17-8-5-7-15(2)13-17/h5,7-8,10-11,13-14,20H,4,6,9,12H2,1-3H3,(H,23,24). The fraction of sp³-hybridized carbons (Fsp3) is 0.381. The summed E-state index contributed by atoms with van der Waals surface area (Å²) < 4.78 is 5.82. The molecule has 0 radical (unpaired) electrons. The summed E-state index contributed by atoms with van der Waals surface area (Å²) >= 11 is 6.02. The Bertz CT molecular complexity index is 715. The molecule has 0 aliphatic heterocycles. The third-order valence-electron chi connectivity index (χ3n) is 4.09. The van der Waals surface area contributed by atoms with Crippen molar-refractivity contribution in [3.05, 3.63) is 64.2 Å². The molecule has 134 valence electrons. The highest BCUT2D eigenvalue weighted by atomic mass is 35.5. The second kappa shape index (κ2) is 9.47. The molecule has 1 N–H and O–H groups in total. The molecule has 0 aromatic heterocycles. The van der Waals surface area contributed by atoms with Crippen molar-refractivity contribution in [3.8, 4) is 5.75 Å². The third-order valence-corrected chi connectivity index (χ3v) is 4.52. The molecule has 0 spiro atoms. The van der Waals surface area contributed by atoms with Crippen LogP contribution in [-0.2, 0) is 11.2 Å². The van der Waals surface area contributed by atoms with E-state index < -0.39 is 6.10 Å². The van der Waals surface area contributed by atoms with Crippen molar-refractivity contribution < 1.29 is 9.53 Å². The van der Waals surface area contributed by atoms with Gasteiger partial charge in [0, 0.05) is 11.6 Å². The minimum atomic E-state index is -0.487. The molecule has 0 bridgehead atoms. The maximum absolute atomic E-state index is 12.3. The molecule has 0 aliphatic carbocycles. The molecular formula is C21H26ClNO2. The van der Waals surface area contributed by atoms with Crippen molar-refractivity contribution >= 4 is 17.5 Å². The van der Waals surface area contributed by atoms with E-state index in [2.05, 4.69) is 36.5 Å². The van der Waals surface area contributed by atoms with Crippen LogP contribution in [0.3, 0.4) is 0 Å². The Labute approximate surface area is 155 Å². The van der Waals surface area contributed by atoms with Crippen LogP contribution in [0.2, 0.25) is 5.02 Å². The van der Waals surface area contributed by atoms with Crippen molar-refractivity contribution in [1.82, 2.24) is 5.32 Å². The van der Waals surface area contributed by atoms with Gasteiger partial charge in [0.1, 0.15) is 5.75 Å². The quantitative estimate of drug-likeness (QED) is 0.683. The molecule has 0 saturated heterocycles. The van der Waals surface area contributed by atoms with Gasteiger partial charge in [-0.25, -0.2) is 0 Å². The Morgan fingerprint density at radius 1 is 1.20 bits per heavy atom. The lowest BCUT2D eigenvalue weighted by Gasteiger charge is -2.18. The lowest BCUT2D eigenvalue weighted by Crippen LogP contribution is -2.38. The van der Waals surface area contributed by atoms with Crippen LogP contribution in [0.1, 0.15) is 36.5 Å². The topological polar surface area (TPSA) is 38.3 Å². The molecule has 0 aliphatic rings. The number of ether oxygens (including phenoxy) is 1. The molecule has 2 rings (SSSR count). The van der Waals surface area contributed by atoms with Gasteiger partial charge in [-0.3, -0.25) is 4.79 Å². The van der Waals surface area contributed by atoms with Gasteiger partial charge in [0.25, 0.3) is 5.91 Å². The predicted molar refractivity (Wildman–Crippen MR) is 103 cm³/mol. The Morgan fingerprint density at radius 2 is 2.00 bits per heavy atom. The minimum Gasteiger partial charge on any atom is -0.481 e. The van der Waals surface area contributed by atoms with Crippen molar-refractivity contribution in [2.45, 2.75) is 46.1 Å². The van der Waals surface area contributed by atoms with E-state index in [9.17, 15) is 4.79 Å². The summed E-state index contributed by atoms with van der Waals surface area (Å²) in [5.41, 5.74) is 3.50. The molecule has 0 heterocycles. The van der Waals surface area contributed by atoms with Crippen LogP contribution < -0.4 is 10.1 Å². The van der Waals surface area contributed by atoms with Crippen LogP contribution in [0.5, 0.6) is 5.75 Å². The number of hydrogen-bond donors (Lipinski definition) is 1. The van der Waals surface area contributed by atoms with E-state index in [1.54, 1.807) is 12.1 Å². The number of halogens is 1. The highest BCUT2D eigenvalue weighted by Crippen LogP contribution is 2.22. The number of carbonyl (C=O) groups is 1. The normalized spacial score (nSPS) is 11.8. The number of benzene rings is 2. The van der Waals surface area contributed by atoms with Crippen LogP contribution >= 0.6 is 11.6 Å². The van der Waals surface area contributed by atoms with E-state index >= 15 is 0 Å². The van der Waals surface area contributed by atoms with E-state index in [4.69, 9.17) is 16.3 Å². The number of aryl methyl sites for hydroxylation is 3. The first kappa shape index (κ1) is 19.3. The lowest BCUT2D eigenvalue weighted by molar-refractivity contribution is -0.128. The molecule has 1 amide bonds. The second-order valence-electron chi connectivity index (χ2n) is 6.31. The number of carbonyl (C=O) groups excluding carboxylic acids is 1. The SMILES string of the molecule is CCC(Oc1ccc(Cl)c(C)c1)C(=O)NCCCc1cccc(C)c1. The Morgan fingerprint density at radius 3 is 2.68 bits per heavy atom. The van der Waals surface area contributed by atoms with Gasteiger partial charge in [-0.1, -0.05) is 48.4 Å². The van der Waals surface area contributed by atoms with E-state index in [0.29, 0.717) is 23.7 Å². The summed E-state index contributed by atoms with van der Waals surface area (Å²) in [6.07, 6.45) is 1.99. The van der Waals surface area contributed by atoms with Gasteiger partial charge < -0.3 is 10.1 Å². The summed E-state index contributed by atoms with van der Waals surface area (Å²) in [4.78, 5) is 12.3. The zero-order valence-electron chi connectivity index (χ0n) is 15.1. The van der Waals surface area contributed by atoms with Crippen LogP contribution in [0.15, 0.2) is 42.5 Å². The van der Waals surface area contributed by atoms with Crippen molar-refractivity contribution in [2.75, 3.05) is 6.54 Å². The number of rotatable bonds is 8. The Balaban J connectivity index is 1.80. The van der Waals surface area contributed by atoms with Crippen molar-refractivity contribution in [3.63, 3.8) is 0 Å². The summed E-state index contributed by atoms with van der Waals surface area (Å²) in [5.74, 6) is 0.600.